The SMILES string of the molecule is CCCCc1nc2ccc(NC(=O)SNC3CCCCC3)cc2n1Cc1ccc(-c2ccccc2C(=O)O)cc1. The lowest BCUT2D eigenvalue weighted by Crippen LogP contribution is -2.27. The number of aromatic nitrogens is 2. The van der Waals surface area contributed by atoms with Gasteiger partial charge in [-0.3, -0.25) is 9.52 Å². The van der Waals surface area contributed by atoms with Gasteiger partial charge < -0.3 is 15.0 Å². The molecule has 0 unspecified atom stereocenters. The average molecular weight is 557 g/mol. The van der Waals surface area contributed by atoms with Gasteiger partial charge in [0.2, 0.25) is 0 Å². The lowest BCUT2D eigenvalue weighted by molar-refractivity contribution is 0.0697. The first-order chi connectivity index (χ1) is 19.5. The van der Waals surface area contributed by atoms with Crippen molar-refractivity contribution in [1.82, 2.24) is 14.3 Å². The number of unbranched alkanes of at least 4 members (excludes halogenated alkanes) is 1. The third-order valence-electron chi connectivity index (χ3n) is 7.51. The molecule has 1 aromatic heterocycles. The van der Waals surface area contributed by atoms with Crippen molar-refractivity contribution < 1.29 is 14.7 Å². The highest BCUT2D eigenvalue weighted by atomic mass is 32.2. The highest BCUT2D eigenvalue weighted by Gasteiger charge is 2.17. The molecule has 8 heteroatoms. The van der Waals surface area contributed by atoms with Crippen LogP contribution in [0.25, 0.3) is 22.2 Å². The van der Waals surface area contributed by atoms with Gasteiger partial charge in [-0.2, -0.15) is 0 Å². The summed E-state index contributed by atoms with van der Waals surface area (Å²) in [5.41, 5.74) is 5.59. The summed E-state index contributed by atoms with van der Waals surface area (Å²) in [6, 6.07) is 21.4. The van der Waals surface area contributed by atoms with Crippen LogP contribution in [0.1, 0.15) is 73.6 Å². The predicted octanol–water partition coefficient (Wildman–Crippen LogP) is 7.89. The molecule has 40 heavy (non-hydrogen) atoms. The van der Waals surface area contributed by atoms with Crippen molar-refractivity contribution in [2.24, 2.45) is 0 Å². The third-order valence-corrected chi connectivity index (χ3v) is 8.25. The van der Waals surface area contributed by atoms with Crippen molar-refractivity contribution in [2.75, 3.05) is 5.32 Å². The number of anilines is 1. The maximum absolute atomic E-state index is 12.7. The summed E-state index contributed by atoms with van der Waals surface area (Å²) in [7, 11) is 0. The number of nitrogens with one attached hydrogen (secondary N) is 2. The zero-order chi connectivity index (χ0) is 27.9. The van der Waals surface area contributed by atoms with Crippen LogP contribution in [0.5, 0.6) is 0 Å². The third kappa shape index (κ3) is 6.74. The van der Waals surface area contributed by atoms with E-state index in [-0.39, 0.29) is 5.24 Å². The Morgan fingerprint density at radius 1 is 1.02 bits per heavy atom. The average Bonchev–Trinajstić information content (AvgIpc) is 3.32. The van der Waals surface area contributed by atoms with E-state index in [2.05, 4.69) is 21.5 Å². The van der Waals surface area contributed by atoms with Gasteiger partial charge >= 0.3 is 5.97 Å². The zero-order valence-corrected chi connectivity index (χ0v) is 23.7. The Bertz CT molecular complexity index is 1480. The molecule has 1 heterocycles. The summed E-state index contributed by atoms with van der Waals surface area (Å²) in [6.45, 7) is 2.80. The highest BCUT2D eigenvalue weighted by Crippen LogP contribution is 2.27. The van der Waals surface area contributed by atoms with Crippen molar-refractivity contribution in [3.63, 3.8) is 0 Å². The number of fused-ring (bicyclic) bond motifs is 1. The van der Waals surface area contributed by atoms with Crippen molar-refractivity contribution in [2.45, 2.75) is 70.9 Å². The summed E-state index contributed by atoms with van der Waals surface area (Å²) in [6.07, 6.45) is 8.97. The Kier molecular flexibility index (Phi) is 9.19. The van der Waals surface area contributed by atoms with Crippen LogP contribution in [-0.4, -0.2) is 31.9 Å². The van der Waals surface area contributed by atoms with E-state index in [0.717, 1.165) is 77.7 Å². The zero-order valence-electron chi connectivity index (χ0n) is 22.9. The lowest BCUT2D eigenvalue weighted by Gasteiger charge is -2.21. The molecular weight excluding hydrogens is 520 g/mol. The van der Waals surface area contributed by atoms with Crippen LogP contribution in [0.15, 0.2) is 66.7 Å². The molecule has 208 valence electrons. The molecule has 1 aliphatic rings. The largest absolute Gasteiger partial charge is 0.478 e. The van der Waals surface area contributed by atoms with E-state index in [1.54, 1.807) is 12.1 Å². The maximum atomic E-state index is 12.7. The summed E-state index contributed by atoms with van der Waals surface area (Å²) in [4.78, 5) is 29.3. The van der Waals surface area contributed by atoms with Gasteiger partial charge in [0.15, 0.2) is 0 Å². The second-order valence-electron chi connectivity index (χ2n) is 10.4. The molecule has 1 aliphatic carbocycles. The summed E-state index contributed by atoms with van der Waals surface area (Å²) in [5, 5.41) is 12.5. The van der Waals surface area contributed by atoms with Crippen molar-refractivity contribution in [3.05, 3.63) is 83.7 Å². The van der Waals surface area contributed by atoms with E-state index in [9.17, 15) is 14.7 Å². The quantitative estimate of drug-likeness (QED) is 0.172. The molecule has 0 aliphatic heterocycles. The van der Waals surface area contributed by atoms with Gasteiger partial charge in [-0.1, -0.05) is 75.1 Å². The van der Waals surface area contributed by atoms with E-state index < -0.39 is 5.97 Å². The van der Waals surface area contributed by atoms with Crippen molar-refractivity contribution in [1.29, 1.82) is 0 Å². The Hall–Kier alpha value is -3.62. The second kappa shape index (κ2) is 13.2. The summed E-state index contributed by atoms with van der Waals surface area (Å²) >= 11 is 1.15. The molecule has 3 aromatic carbocycles. The number of amides is 1. The van der Waals surface area contributed by atoms with Gasteiger partial charge in [-0.25, -0.2) is 9.78 Å². The van der Waals surface area contributed by atoms with Crippen LogP contribution in [0.3, 0.4) is 0 Å². The number of benzene rings is 3. The van der Waals surface area contributed by atoms with Gasteiger partial charge in [0.25, 0.3) is 5.24 Å². The second-order valence-corrected chi connectivity index (χ2v) is 11.2. The van der Waals surface area contributed by atoms with Crippen LogP contribution in [0, 0.1) is 0 Å². The standard InChI is InChI=1S/C32H36N4O3S/c1-2-3-13-30-34-28-19-18-25(33-32(39)40-35-24-9-5-4-6-10-24)20-29(28)36(30)21-22-14-16-23(17-15-22)26-11-7-8-12-27(26)31(37)38/h7-8,11-12,14-20,24,35H,2-6,9-10,13,21H2,1H3,(H,33,39)(H,37,38). The first-order valence-corrected chi connectivity index (χ1v) is 15.0. The minimum atomic E-state index is -0.934. The Morgan fingerprint density at radius 2 is 1.80 bits per heavy atom. The number of imidazole rings is 1. The van der Waals surface area contributed by atoms with E-state index in [1.165, 1.54) is 19.3 Å². The minimum Gasteiger partial charge on any atom is -0.478 e. The molecule has 0 bridgehead atoms. The number of rotatable bonds is 10. The molecule has 1 fully saturated rings. The van der Waals surface area contributed by atoms with Gasteiger partial charge in [0, 0.05) is 36.6 Å². The summed E-state index contributed by atoms with van der Waals surface area (Å²) < 4.78 is 5.56. The molecule has 7 nitrogen and oxygen atoms in total. The molecule has 0 spiro atoms. The Morgan fingerprint density at radius 3 is 2.55 bits per heavy atom. The molecule has 0 saturated heterocycles. The first-order valence-electron chi connectivity index (χ1n) is 14.2. The number of carbonyl (C=O) groups excluding carboxylic acids is 1. The first kappa shape index (κ1) is 27.9. The fourth-order valence-corrected chi connectivity index (χ4v) is 6.03. The van der Waals surface area contributed by atoms with Crippen molar-refractivity contribution in [3.8, 4) is 11.1 Å². The molecule has 3 N–H and O–H groups in total. The fourth-order valence-electron chi connectivity index (χ4n) is 5.35. The van der Waals surface area contributed by atoms with Crippen LogP contribution in [0.4, 0.5) is 10.5 Å². The van der Waals surface area contributed by atoms with Gasteiger partial charge in [-0.15, -0.1) is 0 Å². The molecule has 0 atom stereocenters. The number of nitrogens with zero attached hydrogens (tertiary/aromatic N) is 2. The maximum Gasteiger partial charge on any atom is 0.336 e. The van der Waals surface area contributed by atoms with Crippen LogP contribution in [0.2, 0.25) is 0 Å². The molecular formula is C32H36N4O3S. The highest BCUT2D eigenvalue weighted by molar-refractivity contribution is 8.12. The van der Waals surface area contributed by atoms with E-state index in [4.69, 9.17) is 4.98 Å². The van der Waals surface area contributed by atoms with Gasteiger partial charge in [0.05, 0.1) is 16.6 Å². The number of hydrogen-bond donors (Lipinski definition) is 3. The predicted molar refractivity (Wildman–Crippen MR) is 163 cm³/mol. The molecule has 4 aromatic rings. The Labute approximate surface area is 239 Å². The topological polar surface area (TPSA) is 96.3 Å². The minimum absolute atomic E-state index is 0.112. The van der Waals surface area contributed by atoms with E-state index in [0.29, 0.717) is 23.7 Å². The molecule has 1 amide bonds. The van der Waals surface area contributed by atoms with E-state index in [1.807, 2.05) is 54.6 Å². The monoisotopic (exact) mass is 556 g/mol. The number of carbonyl (C=O) groups is 2. The summed E-state index contributed by atoms with van der Waals surface area (Å²) in [5.74, 6) is 0.0881. The van der Waals surface area contributed by atoms with E-state index >= 15 is 0 Å². The number of hydrogen-bond acceptors (Lipinski definition) is 5. The fraction of sp³-hybridized carbons (Fsp3) is 0.344. The van der Waals surface area contributed by atoms with Crippen LogP contribution < -0.4 is 10.0 Å². The number of aromatic carboxylic acids is 1. The molecule has 0 radical (unpaired) electrons. The number of aryl methyl sites for hydroxylation is 1. The van der Waals surface area contributed by atoms with Gasteiger partial charge in [0.1, 0.15) is 5.82 Å². The normalized spacial score (nSPS) is 13.9. The number of carboxylic acid groups (broad SMARTS) is 1. The lowest BCUT2D eigenvalue weighted by atomic mass is 9.96. The van der Waals surface area contributed by atoms with Crippen molar-refractivity contribution >= 4 is 39.9 Å². The van der Waals surface area contributed by atoms with Gasteiger partial charge in [-0.05, 0) is 60.2 Å². The smallest absolute Gasteiger partial charge is 0.336 e. The molecule has 1 saturated carbocycles. The van der Waals surface area contributed by atoms with Crippen LogP contribution in [-0.2, 0) is 13.0 Å². The molecule has 5 rings (SSSR count). The van der Waals surface area contributed by atoms with Crippen LogP contribution >= 0.6 is 11.9 Å². The number of carboxylic acids is 1. The Balaban J connectivity index is 1.36.